The van der Waals surface area contributed by atoms with E-state index in [4.69, 9.17) is 9.47 Å². The maximum absolute atomic E-state index is 12.6. The normalized spacial score (nSPS) is 22.1. The van der Waals surface area contributed by atoms with Crippen LogP contribution in [-0.2, 0) is 9.84 Å². The summed E-state index contributed by atoms with van der Waals surface area (Å²) in [6.45, 7) is -0.272. The summed E-state index contributed by atoms with van der Waals surface area (Å²) in [5.74, 6) is 0.0670. The van der Waals surface area contributed by atoms with E-state index >= 15 is 0 Å². The van der Waals surface area contributed by atoms with Crippen molar-refractivity contribution >= 4 is 15.6 Å². The molecule has 1 aromatic carbocycles. The highest BCUT2D eigenvalue weighted by molar-refractivity contribution is 7.91. The molecule has 140 valence electrons. The molecule has 0 bridgehead atoms. The first kappa shape index (κ1) is 19.6. The van der Waals surface area contributed by atoms with Crippen LogP contribution in [0.5, 0.6) is 11.5 Å². The summed E-state index contributed by atoms with van der Waals surface area (Å²) in [6, 6.07) is 4.03. The molecule has 1 saturated heterocycles. The molecule has 2 N–H and O–H groups in total. The average molecular weight is 373 g/mol. The van der Waals surface area contributed by atoms with Crippen molar-refractivity contribution in [2.24, 2.45) is 0 Å². The predicted molar refractivity (Wildman–Crippen MR) is 91.0 cm³/mol. The summed E-state index contributed by atoms with van der Waals surface area (Å²) < 4.78 is 33.7. The van der Waals surface area contributed by atoms with E-state index in [0.717, 1.165) is 0 Å². The Kier molecular flexibility index (Phi) is 6.39. The molecule has 8 nitrogen and oxygen atoms in total. The van der Waals surface area contributed by atoms with Gasteiger partial charge in [0, 0.05) is 12.1 Å². The number of Topliss-reactive ketones (excluding diaryl/α,β-unsaturated/α-hetero) is 1. The summed E-state index contributed by atoms with van der Waals surface area (Å²) in [6.07, 6.45) is -1.07. The van der Waals surface area contributed by atoms with Gasteiger partial charge in [0.15, 0.2) is 27.1 Å². The Bertz CT molecular complexity index is 719. The van der Waals surface area contributed by atoms with Crippen LogP contribution in [0.15, 0.2) is 18.2 Å². The number of ether oxygens (including phenoxy) is 2. The van der Waals surface area contributed by atoms with Gasteiger partial charge in [-0.2, -0.15) is 0 Å². The van der Waals surface area contributed by atoms with Gasteiger partial charge >= 0.3 is 0 Å². The molecule has 0 aliphatic carbocycles. The van der Waals surface area contributed by atoms with E-state index in [-0.39, 0.29) is 37.0 Å². The van der Waals surface area contributed by atoms with Gasteiger partial charge in [-0.05, 0) is 18.2 Å². The zero-order valence-corrected chi connectivity index (χ0v) is 15.0. The SMILES string of the molecule is COc1ccc(C(=O)CN(CCO)[C@H]2CS(=O)(=O)C[C@H]2O)cc1OC. The van der Waals surface area contributed by atoms with Crippen molar-refractivity contribution in [3.05, 3.63) is 23.8 Å². The van der Waals surface area contributed by atoms with E-state index in [1.165, 1.54) is 19.1 Å². The maximum Gasteiger partial charge on any atom is 0.176 e. The van der Waals surface area contributed by atoms with Gasteiger partial charge in [-0.25, -0.2) is 8.42 Å². The van der Waals surface area contributed by atoms with Gasteiger partial charge in [-0.3, -0.25) is 9.69 Å². The fraction of sp³-hybridized carbons (Fsp3) is 0.562. The molecule has 1 heterocycles. The molecule has 0 saturated carbocycles. The Morgan fingerprint density at radius 3 is 2.44 bits per heavy atom. The first-order valence-corrected chi connectivity index (χ1v) is 9.62. The Labute approximate surface area is 146 Å². The molecule has 1 fully saturated rings. The van der Waals surface area contributed by atoms with Crippen LogP contribution in [0, 0.1) is 0 Å². The number of hydrogen-bond acceptors (Lipinski definition) is 8. The Hall–Kier alpha value is -1.68. The zero-order chi connectivity index (χ0) is 18.6. The Morgan fingerprint density at radius 1 is 1.24 bits per heavy atom. The lowest BCUT2D eigenvalue weighted by molar-refractivity contribution is 0.0620. The molecule has 9 heteroatoms. The molecule has 2 rings (SSSR count). The lowest BCUT2D eigenvalue weighted by atomic mass is 10.1. The molecule has 25 heavy (non-hydrogen) atoms. The first-order valence-electron chi connectivity index (χ1n) is 7.80. The van der Waals surface area contributed by atoms with Gasteiger partial charge in [0.1, 0.15) is 0 Å². The van der Waals surface area contributed by atoms with Crippen LogP contribution in [0.3, 0.4) is 0 Å². The minimum Gasteiger partial charge on any atom is -0.493 e. The smallest absolute Gasteiger partial charge is 0.176 e. The van der Waals surface area contributed by atoms with Gasteiger partial charge < -0.3 is 19.7 Å². The fourth-order valence-electron chi connectivity index (χ4n) is 2.94. The lowest BCUT2D eigenvalue weighted by Gasteiger charge is -2.28. The van der Waals surface area contributed by atoms with E-state index in [9.17, 15) is 23.4 Å². The first-order chi connectivity index (χ1) is 11.8. The van der Waals surface area contributed by atoms with Crippen LogP contribution in [0.1, 0.15) is 10.4 Å². The van der Waals surface area contributed by atoms with Gasteiger partial charge in [0.25, 0.3) is 0 Å². The number of benzene rings is 1. The third-order valence-corrected chi connectivity index (χ3v) is 5.90. The number of ketones is 1. The molecule has 0 unspecified atom stereocenters. The largest absolute Gasteiger partial charge is 0.493 e. The summed E-state index contributed by atoms with van der Waals surface area (Å²) in [5.41, 5.74) is 0.371. The van der Waals surface area contributed by atoms with Crippen molar-refractivity contribution in [1.82, 2.24) is 4.90 Å². The second-order valence-electron chi connectivity index (χ2n) is 5.90. The molecule has 2 atom stereocenters. The van der Waals surface area contributed by atoms with Gasteiger partial charge in [-0.15, -0.1) is 0 Å². The molecule has 1 aliphatic heterocycles. The molecule has 0 aromatic heterocycles. The van der Waals surface area contributed by atoms with Crippen molar-refractivity contribution in [1.29, 1.82) is 0 Å². The van der Waals surface area contributed by atoms with Crippen molar-refractivity contribution in [3.8, 4) is 11.5 Å². The number of aliphatic hydroxyl groups excluding tert-OH is 2. The quantitative estimate of drug-likeness (QED) is 0.578. The van der Waals surface area contributed by atoms with Crippen molar-refractivity contribution < 1.29 is 32.9 Å². The van der Waals surface area contributed by atoms with Crippen LogP contribution in [-0.4, -0.2) is 86.9 Å². The standard InChI is InChI=1S/C16H23NO7S/c1-23-15-4-3-11(7-16(15)24-2)13(19)8-17(5-6-18)12-9-25(21,22)10-14(12)20/h3-4,7,12,14,18,20H,5-6,8-10H2,1-2H3/t12-,14+/m0/s1. The number of rotatable bonds is 8. The highest BCUT2D eigenvalue weighted by atomic mass is 32.2. The van der Waals surface area contributed by atoms with Crippen LogP contribution in [0.25, 0.3) is 0 Å². The molecule has 0 amide bonds. The third-order valence-electron chi connectivity index (χ3n) is 4.20. The van der Waals surface area contributed by atoms with Crippen LogP contribution in [0.2, 0.25) is 0 Å². The molecule has 0 radical (unpaired) electrons. The Morgan fingerprint density at radius 2 is 1.92 bits per heavy atom. The highest BCUT2D eigenvalue weighted by Gasteiger charge is 2.40. The van der Waals surface area contributed by atoms with E-state index in [1.807, 2.05) is 0 Å². The summed E-state index contributed by atoms with van der Waals surface area (Å²) in [4.78, 5) is 14.1. The van der Waals surface area contributed by atoms with Crippen molar-refractivity contribution in [3.63, 3.8) is 0 Å². The van der Waals surface area contributed by atoms with E-state index in [0.29, 0.717) is 17.1 Å². The van der Waals surface area contributed by atoms with Crippen LogP contribution >= 0.6 is 0 Å². The molecular formula is C16H23NO7S. The number of methoxy groups -OCH3 is 2. The number of carbonyl (C=O) groups excluding carboxylic acids is 1. The summed E-state index contributed by atoms with van der Waals surface area (Å²) in [5, 5.41) is 19.2. The van der Waals surface area contributed by atoms with Crippen LogP contribution in [0.4, 0.5) is 0 Å². The van der Waals surface area contributed by atoms with E-state index in [1.54, 1.807) is 18.2 Å². The predicted octanol–water partition coefficient (Wildman–Crippen LogP) is -0.661. The number of aliphatic hydroxyl groups is 2. The monoisotopic (exact) mass is 373 g/mol. The Balaban J connectivity index is 2.18. The van der Waals surface area contributed by atoms with Gasteiger partial charge in [0.05, 0.1) is 51.0 Å². The minimum absolute atomic E-state index is 0.0935. The fourth-order valence-corrected chi connectivity index (χ4v) is 4.77. The van der Waals surface area contributed by atoms with Crippen molar-refractivity contribution in [2.45, 2.75) is 12.1 Å². The van der Waals surface area contributed by atoms with E-state index < -0.39 is 22.0 Å². The molecular weight excluding hydrogens is 350 g/mol. The molecule has 1 aliphatic rings. The number of nitrogens with zero attached hydrogens (tertiary/aromatic N) is 1. The number of hydrogen-bond donors (Lipinski definition) is 2. The summed E-state index contributed by atoms with van der Waals surface area (Å²) in [7, 11) is -0.397. The average Bonchev–Trinajstić information content (AvgIpc) is 2.86. The van der Waals surface area contributed by atoms with Crippen LogP contribution < -0.4 is 9.47 Å². The zero-order valence-electron chi connectivity index (χ0n) is 14.2. The van der Waals surface area contributed by atoms with Gasteiger partial charge in [-0.1, -0.05) is 0 Å². The molecule has 0 spiro atoms. The topological polar surface area (TPSA) is 113 Å². The molecule has 1 aromatic rings. The van der Waals surface area contributed by atoms with Gasteiger partial charge in [0.2, 0.25) is 0 Å². The lowest BCUT2D eigenvalue weighted by Crippen LogP contribution is -2.46. The van der Waals surface area contributed by atoms with E-state index in [2.05, 4.69) is 0 Å². The number of carbonyl (C=O) groups is 1. The minimum atomic E-state index is -3.35. The van der Waals surface area contributed by atoms with Crippen molar-refractivity contribution in [2.75, 3.05) is 45.4 Å². The second kappa shape index (κ2) is 8.13. The third kappa shape index (κ3) is 4.69. The second-order valence-corrected chi connectivity index (χ2v) is 8.05. The number of sulfone groups is 1. The summed E-state index contributed by atoms with van der Waals surface area (Å²) >= 11 is 0. The highest BCUT2D eigenvalue weighted by Crippen LogP contribution is 2.28. The maximum atomic E-state index is 12.6.